The van der Waals surface area contributed by atoms with Crippen molar-refractivity contribution in [1.29, 1.82) is 0 Å². The molecule has 0 heterocycles. The lowest BCUT2D eigenvalue weighted by Gasteiger charge is -2.26. The third-order valence-corrected chi connectivity index (χ3v) is 5.14. The molecule has 0 atom stereocenters. The van der Waals surface area contributed by atoms with Crippen LogP contribution in [0.4, 0.5) is 0 Å². The topological polar surface area (TPSA) is 24.1 Å². The normalized spacial score (nSPS) is 29.5. The second-order valence-corrected chi connectivity index (χ2v) is 6.97. The van der Waals surface area contributed by atoms with Crippen LogP contribution >= 0.6 is 0 Å². The summed E-state index contributed by atoms with van der Waals surface area (Å²) in [7, 11) is 0. The zero-order valence-corrected chi connectivity index (χ0v) is 12.9. The predicted molar refractivity (Wildman–Crippen MR) is 83.5 cm³/mol. The number of rotatable bonds is 7. The molecule has 0 aromatic carbocycles. The van der Waals surface area contributed by atoms with Crippen LogP contribution < -0.4 is 10.6 Å². The van der Waals surface area contributed by atoms with Crippen LogP contribution in [0.25, 0.3) is 0 Å². The highest BCUT2D eigenvalue weighted by molar-refractivity contribution is 4.73. The maximum absolute atomic E-state index is 3.73. The molecule has 2 fully saturated rings. The SMILES string of the molecule is C[C@H]1CC[C@H](CNCCCNC2CCCCC2)CC1. The maximum atomic E-state index is 3.73. The zero-order valence-electron chi connectivity index (χ0n) is 12.9. The molecule has 0 aromatic rings. The van der Waals surface area contributed by atoms with Gasteiger partial charge in [-0.1, -0.05) is 39.0 Å². The summed E-state index contributed by atoms with van der Waals surface area (Å²) in [6, 6.07) is 0.827. The van der Waals surface area contributed by atoms with E-state index in [2.05, 4.69) is 17.6 Å². The number of nitrogens with one attached hydrogen (secondary N) is 2. The Labute approximate surface area is 120 Å². The molecular weight excluding hydrogens is 232 g/mol. The minimum atomic E-state index is 0.827. The van der Waals surface area contributed by atoms with Gasteiger partial charge in [-0.15, -0.1) is 0 Å². The van der Waals surface area contributed by atoms with Gasteiger partial charge in [0.25, 0.3) is 0 Å². The van der Waals surface area contributed by atoms with Crippen molar-refractivity contribution < 1.29 is 0 Å². The molecule has 0 spiro atoms. The highest BCUT2D eigenvalue weighted by Crippen LogP contribution is 2.27. The summed E-state index contributed by atoms with van der Waals surface area (Å²) >= 11 is 0. The predicted octanol–water partition coefficient (Wildman–Crippen LogP) is 3.71. The van der Waals surface area contributed by atoms with Crippen molar-refractivity contribution in [2.45, 2.75) is 77.2 Å². The van der Waals surface area contributed by atoms with Gasteiger partial charge in [0.1, 0.15) is 0 Å². The van der Waals surface area contributed by atoms with E-state index >= 15 is 0 Å². The fourth-order valence-electron chi connectivity index (χ4n) is 3.67. The van der Waals surface area contributed by atoms with Crippen LogP contribution in [0.15, 0.2) is 0 Å². The third kappa shape index (κ3) is 6.27. The monoisotopic (exact) mass is 266 g/mol. The van der Waals surface area contributed by atoms with Crippen LogP contribution in [0.3, 0.4) is 0 Å². The van der Waals surface area contributed by atoms with Crippen molar-refractivity contribution in [2.24, 2.45) is 11.8 Å². The van der Waals surface area contributed by atoms with Crippen molar-refractivity contribution in [3.63, 3.8) is 0 Å². The zero-order chi connectivity index (χ0) is 13.3. The van der Waals surface area contributed by atoms with Gasteiger partial charge in [-0.05, 0) is 63.6 Å². The minimum absolute atomic E-state index is 0.827. The van der Waals surface area contributed by atoms with E-state index in [-0.39, 0.29) is 0 Å². The Hall–Kier alpha value is -0.0800. The van der Waals surface area contributed by atoms with Gasteiger partial charge in [-0.3, -0.25) is 0 Å². The molecule has 0 radical (unpaired) electrons. The van der Waals surface area contributed by atoms with E-state index in [9.17, 15) is 0 Å². The molecule has 2 rings (SSSR count). The molecular formula is C17H34N2. The van der Waals surface area contributed by atoms with Gasteiger partial charge in [-0.25, -0.2) is 0 Å². The van der Waals surface area contributed by atoms with Crippen molar-refractivity contribution in [1.82, 2.24) is 10.6 Å². The van der Waals surface area contributed by atoms with Crippen molar-refractivity contribution in [2.75, 3.05) is 19.6 Å². The lowest BCUT2D eigenvalue weighted by Crippen LogP contribution is -2.34. The Balaban J connectivity index is 1.39. The molecule has 2 heteroatoms. The first-order valence-corrected chi connectivity index (χ1v) is 8.78. The fourth-order valence-corrected chi connectivity index (χ4v) is 3.67. The highest BCUT2D eigenvalue weighted by Gasteiger charge is 2.17. The fraction of sp³-hybridized carbons (Fsp3) is 1.00. The van der Waals surface area contributed by atoms with Gasteiger partial charge in [0.2, 0.25) is 0 Å². The Kier molecular flexibility index (Phi) is 7.23. The van der Waals surface area contributed by atoms with Crippen LogP contribution in [0.2, 0.25) is 0 Å². The molecule has 0 aromatic heterocycles. The molecule has 19 heavy (non-hydrogen) atoms. The van der Waals surface area contributed by atoms with E-state index < -0.39 is 0 Å². The minimum Gasteiger partial charge on any atom is -0.316 e. The van der Waals surface area contributed by atoms with Gasteiger partial charge < -0.3 is 10.6 Å². The van der Waals surface area contributed by atoms with E-state index in [0.717, 1.165) is 17.9 Å². The molecule has 2 nitrogen and oxygen atoms in total. The lowest BCUT2D eigenvalue weighted by atomic mass is 9.83. The molecule has 2 aliphatic rings. The van der Waals surface area contributed by atoms with Crippen LogP contribution in [0, 0.1) is 11.8 Å². The Morgan fingerprint density at radius 1 is 0.842 bits per heavy atom. The summed E-state index contributed by atoms with van der Waals surface area (Å²) in [4.78, 5) is 0. The molecule has 0 unspecified atom stereocenters. The Morgan fingerprint density at radius 3 is 2.32 bits per heavy atom. The average Bonchev–Trinajstić information content (AvgIpc) is 2.46. The van der Waals surface area contributed by atoms with Crippen molar-refractivity contribution in [3.8, 4) is 0 Å². The van der Waals surface area contributed by atoms with Gasteiger partial charge in [0, 0.05) is 6.04 Å². The van der Waals surface area contributed by atoms with E-state index in [1.54, 1.807) is 0 Å². The quantitative estimate of drug-likeness (QED) is 0.686. The summed E-state index contributed by atoms with van der Waals surface area (Å²) in [6.45, 7) is 6.07. The molecule has 2 saturated carbocycles. The lowest BCUT2D eigenvalue weighted by molar-refractivity contribution is 0.281. The maximum Gasteiger partial charge on any atom is 0.00670 e. The van der Waals surface area contributed by atoms with Crippen molar-refractivity contribution in [3.05, 3.63) is 0 Å². The summed E-state index contributed by atoms with van der Waals surface area (Å²) < 4.78 is 0. The average molecular weight is 266 g/mol. The highest BCUT2D eigenvalue weighted by atomic mass is 14.9. The van der Waals surface area contributed by atoms with Crippen molar-refractivity contribution >= 4 is 0 Å². The van der Waals surface area contributed by atoms with Gasteiger partial charge in [-0.2, -0.15) is 0 Å². The van der Waals surface area contributed by atoms with E-state index in [0.29, 0.717) is 0 Å². The summed E-state index contributed by atoms with van der Waals surface area (Å²) in [5, 5.41) is 7.39. The van der Waals surface area contributed by atoms with Crippen LogP contribution in [-0.4, -0.2) is 25.7 Å². The number of hydrogen-bond donors (Lipinski definition) is 2. The van der Waals surface area contributed by atoms with Gasteiger partial charge in [0.15, 0.2) is 0 Å². The summed E-state index contributed by atoms with van der Waals surface area (Å²) in [5.74, 6) is 1.94. The van der Waals surface area contributed by atoms with Crippen LogP contribution in [0.5, 0.6) is 0 Å². The van der Waals surface area contributed by atoms with Crippen LogP contribution in [-0.2, 0) is 0 Å². The second kappa shape index (κ2) is 8.97. The second-order valence-electron chi connectivity index (χ2n) is 6.97. The molecule has 0 saturated heterocycles. The standard InChI is InChI=1S/C17H34N2/c1-15-8-10-16(11-9-15)14-18-12-5-13-19-17-6-3-2-4-7-17/h15-19H,2-14H2,1H3/t15-,16-. The van der Waals surface area contributed by atoms with E-state index in [4.69, 9.17) is 0 Å². The Morgan fingerprint density at radius 2 is 1.58 bits per heavy atom. The van der Waals surface area contributed by atoms with E-state index in [1.807, 2.05) is 0 Å². The summed E-state index contributed by atoms with van der Waals surface area (Å²) in [5.41, 5.74) is 0. The first-order chi connectivity index (χ1) is 9.34. The molecule has 0 amide bonds. The van der Waals surface area contributed by atoms with Gasteiger partial charge in [0.05, 0.1) is 0 Å². The molecule has 2 aliphatic carbocycles. The molecule has 2 N–H and O–H groups in total. The van der Waals surface area contributed by atoms with Gasteiger partial charge >= 0.3 is 0 Å². The molecule has 0 bridgehead atoms. The first kappa shape index (κ1) is 15.3. The first-order valence-electron chi connectivity index (χ1n) is 8.78. The third-order valence-electron chi connectivity index (χ3n) is 5.14. The molecule has 112 valence electrons. The van der Waals surface area contributed by atoms with E-state index in [1.165, 1.54) is 83.8 Å². The summed E-state index contributed by atoms with van der Waals surface area (Å²) in [6.07, 6.45) is 14.3. The number of hydrogen-bond acceptors (Lipinski definition) is 2. The molecule has 0 aliphatic heterocycles. The Bertz CT molecular complexity index is 215. The largest absolute Gasteiger partial charge is 0.316 e. The smallest absolute Gasteiger partial charge is 0.00670 e. The van der Waals surface area contributed by atoms with Crippen LogP contribution in [0.1, 0.15) is 71.1 Å².